The van der Waals surface area contributed by atoms with Gasteiger partial charge in [0.25, 0.3) is 0 Å². The van der Waals surface area contributed by atoms with E-state index in [1.807, 2.05) is 14.0 Å². The molecule has 0 spiro atoms. The summed E-state index contributed by atoms with van der Waals surface area (Å²) in [7, 11) is 1.84. The maximum Gasteiger partial charge on any atom is 0.309 e. The number of hydrogen-bond donors (Lipinski definition) is 1. The number of esters is 1. The van der Waals surface area contributed by atoms with Gasteiger partial charge in [-0.15, -0.1) is 24.0 Å². The predicted octanol–water partition coefficient (Wildman–Crippen LogP) is 2.72. The number of piperidine rings is 2. The maximum atomic E-state index is 11.9. The molecule has 6 nitrogen and oxygen atoms in total. The van der Waals surface area contributed by atoms with E-state index in [1.54, 1.807) is 0 Å². The number of guanidine groups is 1. The zero-order chi connectivity index (χ0) is 18.2. The molecule has 2 heterocycles. The van der Waals surface area contributed by atoms with Gasteiger partial charge in [0.2, 0.25) is 0 Å². The lowest BCUT2D eigenvalue weighted by Crippen LogP contribution is -2.52. The molecule has 2 rings (SSSR count). The number of carbonyl (C=O) groups is 1. The number of hydrogen-bond acceptors (Lipinski definition) is 4. The van der Waals surface area contributed by atoms with Crippen molar-refractivity contribution in [1.29, 1.82) is 0 Å². The summed E-state index contributed by atoms with van der Waals surface area (Å²) in [5, 5.41) is 3.54. The fraction of sp³-hybridized carbons (Fsp3) is 0.895. The Bertz CT molecular complexity index is 453. The molecule has 0 bridgehead atoms. The number of carbonyl (C=O) groups excluding carboxylic acids is 1. The summed E-state index contributed by atoms with van der Waals surface area (Å²) in [4.78, 5) is 21.2. The van der Waals surface area contributed by atoms with Gasteiger partial charge in [0.1, 0.15) is 0 Å². The molecule has 0 aliphatic carbocycles. The highest BCUT2D eigenvalue weighted by Gasteiger charge is 2.28. The van der Waals surface area contributed by atoms with Crippen molar-refractivity contribution in [3.8, 4) is 0 Å². The quantitative estimate of drug-likeness (QED) is 0.284. The van der Waals surface area contributed by atoms with Crippen molar-refractivity contribution in [3.05, 3.63) is 0 Å². The van der Waals surface area contributed by atoms with E-state index in [9.17, 15) is 4.79 Å². The lowest BCUT2D eigenvalue weighted by Gasteiger charge is -2.39. The molecule has 2 fully saturated rings. The maximum absolute atomic E-state index is 11.9. The van der Waals surface area contributed by atoms with Crippen LogP contribution in [0.2, 0.25) is 0 Å². The van der Waals surface area contributed by atoms with Crippen molar-refractivity contribution in [2.24, 2.45) is 10.9 Å². The molecule has 2 saturated heterocycles. The number of rotatable bonds is 5. The van der Waals surface area contributed by atoms with Crippen molar-refractivity contribution < 1.29 is 9.53 Å². The monoisotopic (exact) mass is 480 g/mol. The van der Waals surface area contributed by atoms with Gasteiger partial charge < -0.3 is 15.0 Å². The van der Waals surface area contributed by atoms with Crippen LogP contribution in [0.15, 0.2) is 4.99 Å². The zero-order valence-electron chi connectivity index (χ0n) is 16.9. The summed E-state index contributed by atoms with van der Waals surface area (Å²) in [6.07, 6.45) is 5.66. The fourth-order valence-corrected chi connectivity index (χ4v) is 4.05. The SMILES string of the molecule is CCOC(=O)C1CCN(C(=NC)NCC(C)N2CCCCC2C)CC1.I. The van der Waals surface area contributed by atoms with E-state index in [2.05, 4.69) is 34.0 Å². The number of nitrogens with zero attached hydrogens (tertiary/aromatic N) is 3. The summed E-state index contributed by atoms with van der Waals surface area (Å²) in [5.41, 5.74) is 0. The largest absolute Gasteiger partial charge is 0.466 e. The van der Waals surface area contributed by atoms with Gasteiger partial charge in [-0.05, 0) is 53.0 Å². The summed E-state index contributed by atoms with van der Waals surface area (Å²) in [6, 6.07) is 1.18. The van der Waals surface area contributed by atoms with Crippen LogP contribution < -0.4 is 5.32 Å². The van der Waals surface area contributed by atoms with E-state index < -0.39 is 0 Å². The average Bonchev–Trinajstić information content (AvgIpc) is 2.63. The lowest BCUT2D eigenvalue weighted by atomic mass is 9.97. The third-order valence-electron chi connectivity index (χ3n) is 5.60. The Morgan fingerprint density at radius 3 is 2.50 bits per heavy atom. The van der Waals surface area contributed by atoms with Gasteiger partial charge >= 0.3 is 5.97 Å². The Hall–Kier alpha value is -0.570. The van der Waals surface area contributed by atoms with E-state index in [4.69, 9.17) is 4.74 Å². The molecule has 152 valence electrons. The molecule has 2 atom stereocenters. The average molecular weight is 480 g/mol. The molecular formula is C19H37IN4O2. The standard InChI is InChI=1S/C19H36N4O2.HI/c1-5-25-18(24)17-9-12-22(13-10-17)19(20-4)21-14-16(3)23-11-7-6-8-15(23)2;/h15-17H,5-14H2,1-4H3,(H,20,21);1H. The van der Waals surface area contributed by atoms with Crippen LogP contribution in [0.1, 0.15) is 52.9 Å². The zero-order valence-corrected chi connectivity index (χ0v) is 19.2. The second-order valence-electron chi connectivity index (χ2n) is 7.37. The van der Waals surface area contributed by atoms with Crippen LogP contribution in [-0.2, 0) is 9.53 Å². The van der Waals surface area contributed by atoms with Crippen LogP contribution in [0.5, 0.6) is 0 Å². The van der Waals surface area contributed by atoms with E-state index in [0.717, 1.165) is 38.4 Å². The first-order chi connectivity index (χ1) is 12.1. The van der Waals surface area contributed by atoms with Crippen molar-refractivity contribution in [2.45, 2.75) is 65.0 Å². The molecule has 0 aromatic rings. The van der Waals surface area contributed by atoms with Gasteiger partial charge in [-0.1, -0.05) is 6.42 Å². The van der Waals surface area contributed by atoms with Crippen LogP contribution in [0.25, 0.3) is 0 Å². The third-order valence-corrected chi connectivity index (χ3v) is 5.60. The Kier molecular flexibility index (Phi) is 10.8. The highest BCUT2D eigenvalue weighted by Crippen LogP contribution is 2.20. The molecule has 1 N–H and O–H groups in total. The van der Waals surface area contributed by atoms with E-state index in [-0.39, 0.29) is 35.9 Å². The number of aliphatic imine (C=N–C) groups is 1. The molecular weight excluding hydrogens is 443 g/mol. The lowest BCUT2D eigenvalue weighted by molar-refractivity contribution is -0.149. The predicted molar refractivity (Wildman–Crippen MR) is 117 cm³/mol. The van der Waals surface area contributed by atoms with Gasteiger partial charge in [-0.2, -0.15) is 0 Å². The van der Waals surface area contributed by atoms with Crippen molar-refractivity contribution in [2.75, 3.05) is 39.8 Å². The van der Waals surface area contributed by atoms with Crippen LogP contribution in [0.3, 0.4) is 0 Å². The first kappa shape index (κ1) is 23.5. The molecule has 7 heteroatoms. The van der Waals surface area contributed by atoms with Gasteiger partial charge in [0.05, 0.1) is 12.5 Å². The molecule has 0 amide bonds. The first-order valence-electron chi connectivity index (χ1n) is 9.94. The highest BCUT2D eigenvalue weighted by atomic mass is 127. The number of halogens is 1. The number of nitrogens with one attached hydrogen (secondary N) is 1. The summed E-state index contributed by atoms with van der Waals surface area (Å²) in [6.45, 7) is 10.8. The topological polar surface area (TPSA) is 57.2 Å². The summed E-state index contributed by atoms with van der Waals surface area (Å²) >= 11 is 0. The fourth-order valence-electron chi connectivity index (χ4n) is 4.05. The first-order valence-corrected chi connectivity index (χ1v) is 9.94. The number of likely N-dealkylation sites (tertiary alicyclic amines) is 2. The molecule has 2 unspecified atom stereocenters. The van der Waals surface area contributed by atoms with Crippen LogP contribution >= 0.6 is 24.0 Å². The molecule has 0 aromatic carbocycles. The van der Waals surface area contributed by atoms with Crippen molar-refractivity contribution in [3.63, 3.8) is 0 Å². The molecule has 0 saturated carbocycles. The summed E-state index contributed by atoms with van der Waals surface area (Å²) < 4.78 is 5.15. The van der Waals surface area contributed by atoms with Gasteiger partial charge in [0, 0.05) is 38.8 Å². The second kappa shape index (κ2) is 12.0. The Morgan fingerprint density at radius 1 is 1.23 bits per heavy atom. The van der Waals surface area contributed by atoms with Crippen LogP contribution in [0.4, 0.5) is 0 Å². The van der Waals surface area contributed by atoms with E-state index in [0.29, 0.717) is 18.7 Å². The molecule has 2 aliphatic heterocycles. The second-order valence-corrected chi connectivity index (χ2v) is 7.37. The Balaban J connectivity index is 0.00000338. The molecule has 26 heavy (non-hydrogen) atoms. The number of ether oxygens (including phenoxy) is 1. The van der Waals surface area contributed by atoms with Gasteiger partial charge in [0.15, 0.2) is 5.96 Å². The van der Waals surface area contributed by atoms with Crippen molar-refractivity contribution in [1.82, 2.24) is 15.1 Å². The Labute approximate surface area is 176 Å². The molecule has 0 radical (unpaired) electrons. The minimum absolute atomic E-state index is 0. The van der Waals surface area contributed by atoms with Gasteiger partial charge in [-0.25, -0.2) is 0 Å². The summed E-state index contributed by atoms with van der Waals surface area (Å²) in [5.74, 6) is 0.957. The smallest absolute Gasteiger partial charge is 0.309 e. The van der Waals surface area contributed by atoms with Crippen LogP contribution in [-0.4, -0.2) is 73.6 Å². The van der Waals surface area contributed by atoms with E-state index >= 15 is 0 Å². The molecule has 2 aliphatic rings. The van der Waals surface area contributed by atoms with Gasteiger partial charge in [-0.3, -0.25) is 14.7 Å². The minimum atomic E-state index is -0.0437. The van der Waals surface area contributed by atoms with Crippen LogP contribution in [0, 0.1) is 5.92 Å². The highest BCUT2D eigenvalue weighted by molar-refractivity contribution is 14.0. The molecule has 0 aromatic heterocycles. The van der Waals surface area contributed by atoms with E-state index in [1.165, 1.54) is 25.8 Å². The normalized spacial score (nSPS) is 23.9. The minimum Gasteiger partial charge on any atom is -0.466 e. The van der Waals surface area contributed by atoms with Crippen molar-refractivity contribution >= 4 is 35.9 Å². The third kappa shape index (κ3) is 6.55. The Morgan fingerprint density at radius 2 is 1.92 bits per heavy atom.